The lowest BCUT2D eigenvalue weighted by Gasteiger charge is -2.25. The summed E-state index contributed by atoms with van der Waals surface area (Å²) in [6.07, 6.45) is 0.803. The molecular formula is C21H28FN3O5. The van der Waals surface area contributed by atoms with Gasteiger partial charge in [-0.15, -0.1) is 0 Å². The molecule has 1 aromatic heterocycles. The first-order chi connectivity index (χ1) is 14.3. The number of ether oxygens (including phenoxy) is 3. The van der Waals surface area contributed by atoms with Gasteiger partial charge in [0.25, 0.3) is 6.01 Å². The first-order valence-electron chi connectivity index (χ1n) is 9.92. The molecule has 1 aliphatic rings. The summed E-state index contributed by atoms with van der Waals surface area (Å²) in [5.41, 5.74) is 0.914. The minimum Gasteiger partial charge on any atom is -0.489 e. The van der Waals surface area contributed by atoms with Crippen molar-refractivity contribution < 1.29 is 27.8 Å². The summed E-state index contributed by atoms with van der Waals surface area (Å²) in [5.74, 6) is 1.11. The van der Waals surface area contributed by atoms with E-state index in [9.17, 15) is 9.18 Å². The van der Waals surface area contributed by atoms with Gasteiger partial charge in [0.15, 0.2) is 5.58 Å². The van der Waals surface area contributed by atoms with Gasteiger partial charge in [0.05, 0.1) is 19.5 Å². The highest BCUT2D eigenvalue weighted by Gasteiger charge is 2.18. The Bertz CT molecular complexity index is 886. The zero-order valence-electron chi connectivity index (χ0n) is 17.5. The summed E-state index contributed by atoms with van der Waals surface area (Å²) in [6.45, 7) is 7.62. The Balaban J connectivity index is 1.47. The topological polar surface area (TPSA) is 94.9 Å². The van der Waals surface area contributed by atoms with E-state index in [-0.39, 0.29) is 18.7 Å². The van der Waals surface area contributed by atoms with E-state index in [1.807, 2.05) is 0 Å². The van der Waals surface area contributed by atoms with Crippen molar-refractivity contribution in [3.8, 4) is 5.75 Å². The summed E-state index contributed by atoms with van der Waals surface area (Å²) in [7, 11) is 0. The van der Waals surface area contributed by atoms with Gasteiger partial charge in [0.1, 0.15) is 23.5 Å². The average molecular weight is 421 g/mol. The Morgan fingerprint density at radius 2 is 2.17 bits per heavy atom. The van der Waals surface area contributed by atoms with Gasteiger partial charge >= 0.3 is 6.09 Å². The van der Waals surface area contributed by atoms with Crippen molar-refractivity contribution in [3.63, 3.8) is 0 Å². The fourth-order valence-electron chi connectivity index (χ4n) is 2.70. The second kappa shape index (κ2) is 9.80. The highest BCUT2D eigenvalue weighted by Crippen LogP contribution is 2.24. The molecule has 8 nitrogen and oxygen atoms in total. The number of alkyl carbamates (subject to hydrolysis) is 1. The highest BCUT2D eigenvalue weighted by molar-refractivity contribution is 5.76. The molecule has 0 saturated carbocycles. The number of hydrogen-bond donors (Lipinski definition) is 2. The normalized spacial score (nSPS) is 15.0. The van der Waals surface area contributed by atoms with Gasteiger partial charge in [-0.05, 0) is 39.3 Å². The molecule has 164 valence electrons. The van der Waals surface area contributed by atoms with Crippen LogP contribution >= 0.6 is 0 Å². The largest absolute Gasteiger partial charge is 0.489 e. The van der Waals surface area contributed by atoms with Crippen molar-refractivity contribution >= 4 is 23.2 Å². The van der Waals surface area contributed by atoms with E-state index in [0.717, 1.165) is 26.2 Å². The van der Waals surface area contributed by atoms with Crippen LogP contribution in [0.15, 0.2) is 34.5 Å². The second-order valence-electron chi connectivity index (χ2n) is 8.18. The molecule has 1 saturated heterocycles. The predicted octanol–water partition coefficient (Wildman–Crippen LogP) is 4.03. The molecule has 2 aromatic rings. The molecule has 1 amide bonds. The molecule has 0 unspecified atom stereocenters. The molecule has 1 aromatic carbocycles. The van der Waals surface area contributed by atoms with Crippen molar-refractivity contribution in [2.75, 3.05) is 38.2 Å². The van der Waals surface area contributed by atoms with Gasteiger partial charge in [0.2, 0.25) is 0 Å². The third-order valence-electron chi connectivity index (χ3n) is 4.33. The van der Waals surface area contributed by atoms with Crippen LogP contribution in [-0.2, 0) is 9.47 Å². The summed E-state index contributed by atoms with van der Waals surface area (Å²) >= 11 is 0. The Hall–Kier alpha value is -2.81. The molecular weight excluding hydrogens is 393 g/mol. The van der Waals surface area contributed by atoms with Gasteiger partial charge in [-0.3, -0.25) is 0 Å². The Morgan fingerprint density at radius 3 is 2.83 bits per heavy atom. The fourth-order valence-corrected chi connectivity index (χ4v) is 2.70. The Kier molecular flexibility index (Phi) is 7.15. The van der Waals surface area contributed by atoms with Crippen LogP contribution in [0, 0.1) is 5.92 Å². The first kappa shape index (κ1) is 21.9. The van der Waals surface area contributed by atoms with Crippen LogP contribution in [0.4, 0.5) is 15.2 Å². The summed E-state index contributed by atoms with van der Waals surface area (Å²) < 4.78 is 34.7. The number of fused-ring (bicyclic) bond motifs is 1. The maximum absolute atomic E-state index is 13.1. The number of aromatic nitrogens is 1. The van der Waals surface area contributed by atoms with Crippen LogP contribution < -0.4 is 15.4 Å². The molecule has 3 rings (SSSR count). The third-order valence-corrected chi connectivity index (χ3v) is 4.33. The van der Waals surface area contributed by atoms with Crippen molar-refractivity contribution in [2.24, 2.45) is 5.92 Å². The van der Waals surface area contributed by atoms with E-state index < -0.39 is 11.7 Å². The highest BCUT2D eigenvalue weighted by atomic mass is 19.1. The van der Waals surface area contributed by atoms with E-state index in [4.69, 9.17) is 18.6 Å². The van der Waals surface area contributed by atoms with Crippen LogP contribution in [0.3, 0.4) is 0 Å². The van der Waals surface area contributed by atoms with Gasteiger partial charge in [-0.2, -0.15) is 4.98 Å². The second-order valence-corrected chi connectivity index (χ2v) is 8.18. The Labute approximate surface area is 174 Å². The van der Waals surface area contributed by atoms with Crippen molar-refractivity contribution in [3.05, 3.63) is 30.1 Å². The number of carbonyl (C=O) groups excluding carboxylic acids is 1. The number of benzene rings is 1. The maximum Gasteiger partial charge on any atom is 0.407 e. The monoisotopic (exact) mass is 421 g/mol. The number of rotatable bonds is 9. The molecule has 2 heterocycles. The first-order valence-corrected chi connectivity index (χ1v) is 9.92. The van der Waals surface area contributed by atoms with Gasteiger partial charge in [-0.25, -0.2) is 9.18 Å². The number of amides is 1. The summed E-state index contributed by atoms with van der Waals surface area (Å²) in [4.78, 5) is 16.1. The number of carbonyl (C=O) groups is 1. The van der Waals surface area contributed by atoms with E-state index in [1.165, 1.54) is 0 Å². The zero-order valence-corrected chi connectivity index (χ0v) is 17.5. The van der Waals surface area contributed by atoms with Crippen molar-refractivity contribution in [1.29, 1.82) is 0 Å². The van der Waals surface area contributed by atoms with E-state index in [0.29, 0.717) is 35.1 Å². The minimum absolute atomic E-state index is 0.0178. The average Bonchev–Trinajstić information content (AvgIpc) is 3.04. The molecule has 1 fully saturated rings. The molecule has 30 heavy (non-hydrogen) atoms. The number of nitrogens with zero attached hydrogens (tertiary/aromatic N) is 1. The van der Waals surface area contributed by atoms with E-state index >= 15 is 0 Å². The third kappa shape index (κ3) is 6.62. The molecule has 2 N–H and O–H groups in total. The van der Waals surface area contributed by atoms with E-state index in [2.05, 4.69) is 15.6 Å². The van der Waals surface area contributed by atoms with Crippen LogP contribution in [-0.4, -0.2) is 49.6 Å². The molecule has 0 radical (unpaired) electrons. The lowest BCUT2D eigenvalue weighted by Crippen LogP contribution is -2.34. The fraction of sp³-hybridized carbons (Fsp3) is 0.524. The Morgan fingerprint density at radius 1 is 1.37 bits per heavy atom. The van der Waals surface area contributed by atoms with Crippen LogP contribution in [0.25, 0.3) is 11.1 Å². The number of anilines is 1. The van der Waals surface area contributed by atoms with Crippen molar-refractivity contribution in [2.45, 2.75) is 32.8 Å². The van der Waals surface area contributed by atoms with Gasteiger partial charge in [-0.1, -0.05) is 0 Å². The number of halogens is 1. The summed E-state index contributed by atoms with van der Waals surface area (Å²) in [6, 6.07) is 5.66. The van der Waals surface area contributed by atoms with Gasteiger partial charge in [0, 0.05) is 30.6 Å². The standard InChI is InChI=1S/C21H28FN3O5/c1-21(2,3)30-20(26)24-10-15(9-22)13-28-16-4-5-17-18(8-16)29-19(25-17)23-7-6-14-11-27-12-14/h4-5,8-9,14H,6-7,10-13H2,1-3H3,(H,23,25)(H,24,26)/b15-9-. The molecule has 1 aliphatic heterocycles. The van der Waals surface area contributed by atoms with Crippen LogP contribution in [0.1, 0.15) is 27.2 Å². The molecule has 0 atom stereocenters. The SMILES string of the molecule is CC(C)(C)OC(=O)NC/C(=C/F)COc1ccc2nc(NCCC3COC3)oc2c1. The zero-order chi connectivity index (χ0) is 21.6. The smallest absolute Gasteiger partial charge is 0.407 e. The van der Waals surface area contributed by atoms with Crippen LogP contribution in [0.2, 0.25) is 0 Å². The predicted molar refractivity (Wildman–Crippen MR) is 110 cm³/mol. The number of nitrogens with one attached hydrogen (secondary N) is 2. The van der Waals surface area contributed by atoms with Crippen molar-refractivity contribution in [1.82, 2.24) is 10.3 Å². The lowest BCUT2D eigenvalue weighted by atomic mass is 10.0. The van der Waals surface area contributed by atoms with Crippen LogP contribution in [0.5, 0.6) is 5.75 Å². The number of hydrogen-bond acceptors (Lipinski definition) is 7. The molecule has 9 heteroatoms. The quantitative estimate of drug-likeness (QED) is 0.631. The summed E-state index contributed by atoms with van der Waals surface area (Å²) in [5, 5.41) is 5.67. The molecule has 0 aliphatic carbocycles. The number of oxazole rings is 1. The molecule has 0 bridgehead atoms. The molecule has 0 spiro atoms. The van der Waals surface area contributed by atoms with E-state index in [1.54, 1.807) is 39.0 Å². The maximum atomic E-state index is 13.1. The minimum atomic E-state index is -0.619. The lowest BCUT2D eigenvalue weighted by molar-refractivity contribution is -0.0338. The van der Waals surface area contributed by atoms with Gasteiger partial charge < -0.3 is 29.3 Å².